The molecular weight excluding hydrogens is 310 g/mol. The lowest BCUT2D eigenvalue weighted by molar-refractivity contribution is -0.138. The molecule has 0 amide bonds. The summed E-state index contributed by atoms with van der Waals surface area (Å²) in [7, 11) is 0. The van der Waals surface area contributed by atoms with Crippen LogP contribution in [-0.2, 0) is 9.59 Å². The van der Waals surface area contributed by atoms with Gasteiger partial charge in [0.1, 0.15) is 11.9 Å². The summed E-state index contributed by atoms with van der Waals surface area (Å²) in [5, 5.41) is 8.71. The molecule has 2 rings (SSSR count). The third-order valence-corrected chi connectivity index (χ3v) is 3.22. The summed E-state index contributed by atoms with van der Waals surface area (Å²) in [5.41, 5.74) is 1.37. The summed E-state index contributed by atoms with van der Waals surface area (Å²) in [5.74, 6) is -0.616. The van der Waals surface area contributed by atoms with Crippen molar-refractivity contribution in [2.45, 2.75) is 19.4 Å². The zero-order chi connectivity index (χ0) is 17.5. The molecule has 0 aliphatic carbocycles. The molecule has 6 heteroatoms. The second kappa shape index (κ2) is 7.85. The fourth-order valence-corrected chi connectivity index (χ4v) is 2.11. The monoisotopic (exact) mass is 325 g/mol. The van der Waals surface area contributed by atoms with Gasteiger partial charge in [-0.15, -0.1) is 0 Å². The number of carboxylic acid groups (broad SMARTS) is 1. The maximum atomic E-state index is 12.4. The van der Waals surface area contributed by atoms with E-state index in [0.717, 1.165) is 0 Å². The minimum atomic E-state index is -0.934. The zero-order valence-corrected chi connectivity index (χ0v) is 12.9. The van der Waals surface area contributed by atoms with Crippen molar-refractivity contribution < 1.29 is 24.2 Å². The van der Waals surface area contributed by atoms with E-state index in [9.17, 15) is 14.4 Å². The predicted molar refractivity (Wildman–Crippen MR) is 86.4 cm³/mol. The molecule has 0 heterocycles. The average molecular weight is 325 g/mol. The van der Waals surface area contributed by atoms with Crippen LogP contribution in [0.3, 0.4) is 0 Å². The van der Waals surface area contributed by atoms with Crippen LogP contribution in [0.2, 0.25) is 0 Å². The van der Waals surface area contributed by atoms with Crippen LogP contribution >= 0.6 is 0 Å². The lowest BCUT2D eigenvalue weighted by Gasteiger charge is -2.12. The largest absolute Gasteiger partial charge is 0.490 e. The Hall–Kier alpha value is -3.24. The number of carbonyl (C=O) groups excluding carboxylic acids is 2. The van der Waals surface area contributed by atoms with Crippen LogP contribution in [0.4, 0.5) is 5.69 Å². The first kappa shape index (κ1) is 17.1. The normalized spacial score (nSPS) is 11.2. The lowest BCUT2D eigenvalue weighted by Crippen LogP contribution is -2.16. The fraction of sp³-hybridized carbons (Fsp3) is 0.167. The molecule has 0 radical (unpaired) electrons. The van der Waals surface area contributed by atoms with Gasteiger partial charge in [0.05, 0.1) is 12.1 Å². The Morgan fingerprint density at radius 1 is 1.08 bits per heavy atom. The topological polar surface area (TPSA) is 93.0 Å². The first-order valence-electron chi connectivity index (χ1n) is 7.20. The molecule has 0 spiro atoms. The highest BCUT2D eigenvalue weighted by atomic mass is 16.5. The third kappa shape index (κ3) is 4.63. The van der Waals surface area contributed by atoms with E-state index in [1.54, 1.807) is 55.5 Å². The summed E-state index contributed by atoms with van der Waals surface area (Å²) in [6, 6.07) is 12.8. The van der Waals surface area contributed by atoms with Crippen molar-refractivity contribution in [3.8, 4) is 5.75 Å². The third-order valence-electron chi connectivity index (χ3n) is 3.22. The number of benzene rings is 2. The number of rotatable bonds is 7. The summed E-state index contributed by atoms with van der Waals surface area (Å²) in [6.07, 6.45) is 0.873. The molecule has 1 unspecified atom stereocenters. The van der Waals surface area contributed by atoms with E-state index in [0.29, 0.717) is 22.6 Å². The Labute approximate surface area is 138 Å². The summed E-state index contributed by atoms with van der Waals surface area (Å²) in [6.45, 7) is 1.66. The van der Waals surface area contributed by atoms with E-state index in [2.05, 4.69) is 4.99 Å². The highest BCUT2D eigenvalue weighted by Gasteiger charge is 2.11. The van der Waals surface area contributed by atoms with Gasteiger partial charge in [-0.05, 0) is 55.5 Å². The molecule has 6 nitrogen and oxygen atoms in total. The summed E-state index contributed by atoms with van der Waals surface area (Å²) < 4.78 is 5.47. The molecule has 0 aromatic heterocycles. The van der Waals surface area contributed by atoms with Crippen LogP contribution in [0.1, 0.15) is 29.3 Å². The standard InChI is InChI=1S/C18H15NO5/c1-12(10-17(21)22)24-16-8-4-14(5-9-16)18(23)13-2-6-15(7-3-13)19-11-20/h2-9,12H,10H2,1H3,(H,21,22). The molecule has 0 aliphatic rings. The predicted octanol–water partition coefficient (Wildman–Crippen LogP) is 3.13. The van der Waals surface area contributed by atoms with E-state index in [4.69, 9.17) is 9.84 Å². The molecule has 24 heavy (non-hydrogen) atoms. The van der Waals surface area contributed by atoms with Gasteiger partial charge in [0.2, 0.25) is 6.08 Å². The first-order valence-corrected chi connectivity index (χ1v) is 7.20. The number of aliphatic imine (C=N–C) groups is 1. The Kier molecular flexibility index (Phi) is 5.60. The Morgan fingerprint density at radius 3 is 2.12 bits per heavy atom. The smallest absolute Gasteiger partial charge is 0.307 e. The zero-order valence-electron chi connectivity index (χ0n) is 12.9. The Balaban J connectivity index is 2.07. The van der Waals surface area contributed by atoms with Crippen LogP contribution in [0.5, 0.6) is 5.75 Å². The number of carbonyl (C=O) groups is 2. The van der Waals surface area contributed by atoms with E-state index < -0.39 is 12.1 Å². The van der Waals surface area contributed by atoms with Gasteiger partial charge in [0, 0.05) is 11.1 Å². The highest BCUT2D eigenvalue weighted by molar-refractivity contribution is 6.09. The van der Waals surface area contributed by atoms with Crippen molar-refractivity contribution in [2.24, 2.45) is 4.99 Å². The molecule has 1 atom stereocenters. The number of aliphatic carboxylic acids is 1. The minimum Gasteiger partial charge on any atom is -0.490 e. The van der Waals surface area contributed by atoms with Gasteiger partial charge in [-0.3, -0.25) is 9.59 Å². The maximum Gasteiger partial charge on any atom is 0.307 e. The first-order chi connectivity index (χ1) is 11.5. The lowest BCUT2D eigenvalue weighted by atomic mass is 10.0. The molecule has 0 bridgehead atoms. The minimum absolute atomic E-state index is 0.101. The molecule has 2 aromatic carbocycles. The van der Waals surface area contributed by atoms with Crippen molar-refractivity contribution in [1.29, 1.82) is 0 Å². The summed E-state index contributed by atoms with van der Waals surface area (Å²) in [4.78, 5) is 36.6. The van der Waals surface area contributed by atoms with Crippen molar-refractivity contribution in [1.82, 2.24) is 0 Å². The van der Waals surface area contributed by atoms with E-state index in [1.807, 2.05) is 0 Å². The molecule has 0 saturated heterocycles. The Morgan fingerprint density at radius 2 is 1.62 bits per heavy atom. The Bertz CT molecular complexity index is 774. The number of ketones is 1. The van der Waals surface area contributed by atoms with Crippen LogP contribution in [0.15, 0.2) is 53.5 Å². The molecule has 0 saturated carbocycles. The van der Waals surface area contributed by atoms with Gasteiger partial charge in [-0.25, -0.2) is 4.79 Å². The number of carboxylic acids is 1. The van der Waals surface area contributed by atoms with Crippen molar-refractivity contribution in [3.05, 3.63) is 59.7 Å². The molecule has 2 aromatic rings. The quantitative estimate of drug-likeness (QED) is 0.479. The van der Waals surface area contributed by atoms with E-state index in [-0.39, 0.29) is 12.2 Å². The number of ether oxygens (including phenoxy) is 1. The van der Waals surface area contributed by atoms with Gasteiger partial charge < -0.3 is 9.84 Å². The van der Waals surface area contributed by atoms with E-state index in [1.165, 1.54) is 6.08 Å². The average Bonchev–Trinajstić information content (AvgIpc) is 2.55. The molecular formula is C18H15NO5. The van der Waals surface area contributed by atoms with E-state index >= 15 is 0 Å². The van der Waals surface area contributed by atoms with Crippen molar-refractivity contribution in [3.63, 3.8) is 0 Å². The van der Waals surface area contributed by atoms with Crippen molar-refractivity contribution in [2.75, 3.05) is 0 Å². The molecule has 1 N–H and O–H groups in total. The molecule has 122 valence electrons. The second-order valence-corrected chi connectivity index (χ2v) is 5.13. The number of hydrogen-bond acceptors (Lipinski definition) is 5. The number of isocyanates is 1. The SMILES string of the molecule is CC(CC(=O)O)Oc1ccc(C(=O)c2ccc(N=C=O)cc2)cc1. The van der Waals surface area contributed by atoms with Gasteiger partial charge in [-0.1, -0.05) is 0 Å². The molecule has 0 fully saturated rings. The van der Waals surface area contributed by atoms with Crippen LogP contribution in [-0.4, -0.2) is 29.0 Å². The van der Waals surface area contributed by atoms with Crippen molar-refractivity contribution >= 4 is 23.5 Å². The van der Waals surface area contributed by atoms with Crippen LogP contribution < -0.4 is 4.74 Å². The highest BCUT2D eigenvalue weighted by Crippen LogP contribution is 2.19. The maximum absolute atomic E-state index is 12.4. The van der Waals surface area contributed by atoms with Gasteiger partial charge >= 0.3 is 5.97 Å². The van der Waals surface area contributed by atoms with Gasteiger partial charge in [-0.2, -0.15) is 4.99 Å². The van der Waals surface area contributed by atoms with Crippen LogP contribution in [0, 0.1) is 0 Å². The van der Waals surface area contributed by atoms with Crippen LogP contribution in [0.25, 0.3) is 0 Å². The molecule has 0 aliphatic heterocycles. The van der Waals surface area contributed by atoms with Gasteiger partial charge in [0.25, 0.3) is 0 Å². The second-order valence-electron chi connectivity index (χ2n) is 5.13. The number of nitrogens with zero attached hydrogens (tertiary/aromatic N) is 1. The van der Waals surface area contributed by atoms with Gasteiger partial charge in [0.15, 0.2) is 5.78 Å². The number of hydrogen-bond donors (Lipinski definition) is 1. The fourth-order valence-electron chi connectivity index (χ4n) is 2.11. The summed E-state index contributed by atoms with van der Waals surface area (Å²) >= 11 is 0.